The molecule has 3 N–H and O–H groups in total. The van der Waals surface area contributed by atoms with Crippen LogP contribution < -0.4 is 10.5 Å². The summed E-state index contributed by atoms with van der Waals surface area (Å²) in [5.74, 6) is 0.826. The molecule has 134 valence electrons. The highest BCUT2D eigenvalue weighted by Gasteiger charge is 2.24. The number of hydrogen-bond acceptors (Lipinski definition) is 4. The Bertz CT molecular complexity index is 640. The fourth-order valence-electron chi connectivity index (χ4n) is 2.67. The first-order valence-electron chi connectivity index (χ1n) is 8.49. The number of nitrogens with zero attached hydrogens (tertiary/aromatic N) is 1. The zero-order chi connectivity index (χ0) is 17.6. The van der Waals surface area contributed by atoms with Gasteiger partial charge in [0.25, 0.3) is 0 Å². The Morgan fingerprint density at radius 3 is 2.50 bits per heavy atom. The number of carbonyl (C=O) groups excluding carboxylic acids is 1. The van der Waals surface area contributed by atoms with Crippen molar-refractivity contribution in [1.82, 2.24) is 10.2 Å². The van der Waals surface area contributed by atoms with Crippen molar-refractivity contribution in [1.29, 1.82) is 0 Å². The zero-order valence-electron chi connectivity index (χ0n) is 14.2. The molecule has 1 fully saturated rings. The molecule has 1 aliphatic carbocycles. The van der Waals surface area contributed by atoms with E-state index < -0.39 is 10.0 Å². The van der Waals surface area contributed by atoms with Crippen LogP contribution in [0.25, 0.3) is 0 Å². The van der Waals surface area contributed by atoms with Gasteiger partial charge in [-0.1, -0.05) is 19.1 Å². The Hall–Kier alpha value is -1.44. The standard InChI is InChI=1S/C17H27N3O3S/c1-2-11-20(12-15-3-4-15)13-17(21)19-10-9-14-5-7-16(8-6-14)24(18,22)23/h5-8,15H,2-4,9-13H2,1H3,(H,19,21)(H2,18,22,23). The van der Waals surface area contributed by atoms with Crippen molar-refractivity contribution in [2.24, 2.45) is 11.1 Å². The first kappa shape index (κ1) is 18.9. The minimum absolute atomic E-state index is 0.0465. The maximum absolute atomic E-state index is 12.1. The second-order valence-corrected chi connectivity index (χ2v) is 8.03. The molecule has 0 radical (unpaired) electrons. The Morgan fingerprint density at radius 2 is 1.96 bits per heavy atom. The predicted octanol–water partition coefficient (Wildman–Crippen LogP) is 1.11. The molecule has 1 saturated carbocycles. The molecule has 0 aliphatic heterocycles. The van der Waals surface area contributed by atoms with Gasteiger partial charge in [-0.05, 0) is 55.8 Å². The number of sulfonamides is 1. The van der Waals surface area contributed by atoms with Gasteiger partial charge in [-0.15, -0.1) is 0 Å². The number of benzene rings is 1. The molecule has 0 aromatic heterocycles. The van der Waals surface area contributed by atoms with E-state index in [2.05, 4.69) is 17.1 Å². The molecule has 1 aromatic carbocycles. The molecule has 0 spiro atoms. The van der Waals surface area contributed by atoms with E-state index in [4.69, 9.17) is 5.14 Å². The fraction of sp³-hybridized carbons (Fsp3) is 0.588. The summed E-state index contributed by atoms with van der Waals surface area (Å²) < 4.78 is 22.4. The average molecular weight is 353 g/mol. The molecule has 2 rings (SSSR count). The lowest BCUT2D eigenvalue weighted by Gasteiger charge is -2.20. The van der Waals surface area contributed by atoms with Gasteiger partial charge in [0, 0.05) is 13.1 Å². The molecule has 0 atom stereocenters. The zero-order valence-corrected chi connectivity index (χ0v) is 15.0. The van der Waals surface area contributed by atoms with E-state index in [0.29, 0.717) is 19.5 Å². The highest BCUT2D eigenvalue weighted by Crippen LogP contribution is 2.29. The Kier molecular flexibility index (Phi) is 6.77. The van der Waals surface area contributed by atoms with E-state index in [1.807, 2.05) is 0 Å². The van der Waals surface area contributed by atoms with Crippen molar-refractivity contribution >= 4 is 15.9 Å². The van der Waals surface area contributed by atoms with Gasteiger partial charge in [0.2, 0.25) is 15.9 Å². The third-order valence-corrected chi connectivity index (χ3v) is 5.04. The maximum atomic E-state index is 12.1. The third kappa shape index (κ3) is 6.59. The van der Waals surface area contributed by atoms with Crippen LogP contribution in [0.4, 0.5) is 0 Å². The molecule has 0 bridgehead atoms. The van der Waals surface area contributed by atoms with Gasteiger partial charge in [-0.3, -0.25) is 9.69 Å². The van der Waals surface area contributed by atoms with Crippen LogP contribution in [0.15, 0.2) is 29.2 Å². The number of hydrogen-bond donors (Lipinski definition) is 2. The molecule has 1 aliphatic rings. The van der Waals surface area contributed by atoms with Crippen molar-refractivity contribution in [3.63, 3.8) is 0 Å². The van der Waals surface area contributed by atoms with Crippen LogP contribution in [0.3, 0.4) is 0 Å². The highest BCUT2D eigenvalue weighted by molar-refractivity contribution is 7.89. The Labute approximate surface area is 144 Å². The number of nitrogens with one attached hydrogen (secondary N) is 1. The van der Waals surface area contributed by atoms with Gasteiger partial charge in [0.05, 0.1) is 11.4 Å². The lowest BCUT2D eigenvalue weighted by Crippen LogP contribution is -2.39. The Morgan fingerprint density at radius 1 is 1.29 bits per heavy atom. The molecule has 24 heavy (non-hydrogen) atoms. The van der Waals surface area contributed by atoms with Crippen molar-refractivity contribution in [2.45, 2.75) is 37.5 Å². The third-order valence-electron chi connectivity index (χ3n) is 4.11. The predicted molar refractivity (Wildman–Crippen MR) is 94.0 cm³/mol. The summed E-state index contributed by atoms with van der Waals surface area (Å²) in [7, 11) is -3.65. The Balaban J connectivity index is 1.73. The molecule has 6 nitrogen and oxygen atoms in total. The van der Waals surface area contributed by atoms with Crippen molar-refractivity contribution in [2.75, 3.05) is 26.2 Å². The van der Waals surface area contributed by atoms with E-state index in [9.17, 15) is 13.2 Å². The highest BCUT2D eigenvalue weighted by atomic mass is 32.2. The summed E-state index contributed by atoms with van der Waals surface area (Å²) in [5, 5.41) is 8.00. The monoisotopic (exact) mass is 353 g/mol. The first-order valence-corrected chi connectivity index (χ1v) is 10.0. The van der Waals surface area contributed by atoms with E-state index in [-0.39, 0.29) is 10.8 Å². The summed E-state index contributed by atoms with van der Waals surface area (Å²) in [6.45, 7) is 5.10. The van der Waals surface area contributed by atoms with Crippen LogP contribution in [-0.4, -0.2) is 45.4 Å². The first-order chi connectivity index (χ1) is 11.4. The molecule has 1 aromatic rings. The average Bonchev–Trinajstić information content (AvgIpc) is 3.31. The lowest BCUT2D eigenvalue weighted by molar-refractivity contribution is -0.122. The second kappa shape index (κ2) is 8.60. The lowest BCUT2D eigenvalue weighted by atomic mass is 10.1. The van der Waals surface area contributed by atoms with Gasteiger partial charge in [0.15, 0.2) is 0 Å². The topological polar surface area (TPSA) is 92.5 Å². The minimum atomic E-state index is -3.65. The van der Waals surface area contributed by atoms with Crippen molar-refractivity contribution in [3.8, 4) is 0 Å². The number of amides is 1. The summed E-state index contributed by atoms with van der Waals surface area (Å²) in [4.78, 5) is 14.4. The van der Waals surface area contributed by atoms with Crippen LogP contribution >= 0.6 is 0 Å². The smallest absolute Gasteiger partial charge is 0.238 e. The van der Waals surface area contributed by atoms with Crippen LogP contribution in [0.2, 0.25) is 0 Å². The van der Waals surface area contributed by atoms with E-state index in [1.165, 1.54) is 25.0 Å². The van der Waals surface area contributed by atoms with Crippen molar-refractivity contribution < 1.29 is 13.2 Å². The molecular formula is C17H27N3O3S. The van der Waals surface area contributed by atoms with Gasteiger partial charge in [0.1, 0.15) is 0 Å². The van der Waals surface area contributed by atoms with E-state index >= 15 is 0 Å². The van der Waals surface area contributed by atoms with Gasteiger partial charge in [-0.25, -0.2) is 13.6 Å². The van der Waals surface area contributed by atoms with Crippen LogP contribution in [0.1, 0.15) is 31.7 Å². The molecular weight excluding hydrogens is 326 g/mol. The number of carbonyl (C=O) groups is 1. The maximum Gasteiger partial charge on any atom is 0.238 e. The fourth-order valence-corrected chi connectivity index (χ4v) is 3.18. The summed E-state index contributed by atoms with van der Waals surface area (Å²) in [6, 6.07) is 6.43. The minimum Gasteiger partial charge on any atom is -0.355 e. The van der Waals surface area contributed by atoms with Crippen LogP contribution in [0.5, 0.6) is 0 Å². The largest absolute Gasteiger partial charge is 0.355 e. The molecule has 7 heteroatoms. The van der Waals surface area contributed by atoms with Crippen LogP contribution in [0, 0.1) is 5.92 Å². The van der Waals surface area contributed by atoms with E-state index in [0.717, 1.165) is 31.0 Å². The number of primary sulfonamides is 1. The van der Waals surface area contributed by atoms with E-state index in [1.54, 1.807) is 12.1 Å². The van der Waals surface area contributed by atoms with Gasteiger partial charge >= 0.3 is 0 Å². The van der Waals surface area contributed by atoms with Crippen molar-refractivity contribution in [3.05, 3.63) is 29.8 Å². The van der Waals surface area contributed by atoms with Crippen LogP contribution in [-0.2, 0) is 21.2 Å². The molecule has 1 amide bonds. The number of nitrogens with two attached hydrogens (primary N) is 1. The summed E-state index contributed by atoms with van der Waals surface area (Å²) in [6.07, 6.45) is 4.29. The molecule has 0 heterocycles. The molecule has 0 unspecified atom stereocenters. The van der Waals surface area contributed by atoms with Gasteiger partial charge in [-0.2, -0.15) is 0 Å². The van der Waals surface area contributed by atoms with Gasteiger partial charge < -0.3 is 5.32 Å². The quantitative estimate of drug-likeness (QED) is 0.659. The second-order valence-electron chi connectivity index (χ2n) is 6.47. The number of rotatable bonds is 10. The summed E-state index contributed by atoms with van der Waals surface area (Å²) in [5.41, 5.74) is 0.964. The SMILES string of the molecule is CCCN(CC(=O)NCCc1ccc(S(N)(=O)=O)cc1)CC1CC1. The molecule has 0 saturated heterocycles. The summed E-state index contributed by atoms with van der Waals surface area (Å²) >= 11 is 0. The normalized spacial score (nSPS) is 14.8.